The molecule has 0 atom stereocenters. The molecule has 0 saturated carbocycles. The molecule has 0 amide bonds. The molecule has 4 nitrogen and oxygen atoms in total. The summed E-state index contributed by atoms with van der Waals surface area (Å²) >= 11 is 0. The fourth-order valence-electron chi connectivity index (χ4n) is 2.03. The predicted octanol–water partition coefficient (Wildman–Crippen LogP) is 2.61. The first-order valence-electron chi connectivity index (χ1n) is 6.22. The standard InChI is InChI=1S/C15H13FN4/c16-12-7-3-1-5-10(12)9-18-15(17)14-11-6-2-4-8-13(11)19-20-14/h1-8H,9H2,(H2,17,18)(H,19,20). The lowest BCUT2D eigenvalue weighted by molar-refractivity contribution is 0.611. The van der Waals surface area contributed by atoms with E-state index in [1.807, 2.05) is 24.3 Å². The highest BCUT2D eigenvalue weighted by molar-refractivity contribution is 6.06. The van der Waals surface area contributed by atoms with Crippen LogP contribution in [0.4, 0.5) is 4.39 Å². The summed E-state index contributed by atoms with van der Waals surface area (Å²) < 4.78 is 13.5. The van der Waals surface area contributed by atoms with E-state index in [1.54, 1.807) is 18.2 Å². The van der Waals surface area contributed by atoms with Crippen LogP contribution in [0.2, 0.25) is 0 Å². The van der Waals surface area contributed by atoms with Crippen LogP contribution in [0.1, 0.15) is 11.3 Å². The maximum Gasteiger partial charge on any atom is 0.147 e. The van der Waals surface area contributed by atoms with Gasteiger partial charge in [-0.2, -0.15) is 5.10 Å². The van der Waals surface area contributed by atoms with Crippen molar-refractivity contribution in [1.82, 2.24) is 10.2 Å². The SMILES string of the molecule is NC(=NCc1ccccc1F)c1n[nH]c2ccccc12. The molecule has 100 valence electrons. The van der Waals surface area contributed by atoms with Gasteiger partial charge in [-0.25, -0.2) is 4.39 Å². The number of hydrogen-bond acceptors (Lipinski definition) is 2. The molecule has 0 spiro atoms. The molecule has 20 heavy (non-hydrogen) atoms. The fraction of sp³-hybridized carbons (Fsp3) is 0.0667. The van der Waals surface area contributed by atoms with E-state index in [0.29, 0.717) is 17.1 Å². The fourth-order valence-corrected chi connectivity index (χ4v) is 2.03. The zero-order valence-electron chi connectivity index (χ0n) is 10.7. The van der Waals surface area contributed by atoms with Crippen molar-refractivity contribution in [3.63, 3.8) is 0 Å². The summed E-state index contributed by atoms with van der Waals surface area (Å²) in [6.45, 7) is 0.194. The first-order chi connectivity index (χ1) is 9.75. The topological polar surface area (TPSA) is 67.1 Å². The molecule has 0 aliphatic carbocycles. The summed E-state index contributed by atoms with van der Waals surface area (Å²) in [4.78, 5) is 4.22. The van der Waals surface area contributed by atoms with Crippen molar-refractivity contribution in [2.45, 2.75) is 6.54 Å². The molecule has 3 rings (SSSR count). The molecular formula is C15H13FN4. The van der Waals surface area contributed by atoms with Crippen LogP contribution < -0.4 is 5.73 Å². The van der Waals surface area contributed by atoms with Gasteiger partial charge >= 0.3 is 0 Å². The minimum atomic E-state index is -0.282. The Balaban J connectivity index is 1.91. The summed E-state index contributed by atoms with van der Waals surface area (Å²) in [7, 11) is 0. The second-order valence-electron chi connectivity index (χ2n) is 4.41. The Morgan fingerprint density at radius 1 is 1.15 bits per heavy atom. The Kier molecular flexibility index (Phi) is 3.16. The Morgan fingerprint density at radius 3 is 2.75 bits per heavy atom. The number of para-hydroxylation sites is 1. The number of nitrogens with one attached hydrogen (secondary N) is 1. The van der Waals surface area contributed by atoms with Crippen molar-refractivity contribution in [2.75, 3.05) is 0 Å². The molecular weight excluding hydrogens is 255 g/mol. The van der Waals surface area contributed by atoms with Gasteiger partial charge in [-0.15, -0.1) is 0 Å². The van der Waals surface area contributed by atoms with Crippen LogP contribution in [-0.4, -0.2) is 16.0 Å². The van der Waals surface area contributed by atoms with E-state index in [9.17, 15) is 4.39 Å². The maximum absolute atomic E-state index is 13.5. The molecule has 3 N–H and O–H groups in total. The largest absolute Gasteiger partial charge is 0.382 e. The van der Waals surface area contributed by atoms with Gasteiger partial charge in [-0.1, -0.05) is 36.4 Å². The monoisotopic (exact) mass is 268 g/mol. The van der Waals surface area contributed by atoms with Crippen molar-refractivity contribution in [3.05, 3.63) is 65.6 Å². The first-order valence-corrected chi connectivity index (χ1v) is 6.22. The van der Waals surface area contributed by atoms with Crippen molar-refractivity contribution in [2.24, 2.45) is 10.7 Å². The number of aromatic amines is 1. The zero-order valence-corrected chi connectivity index (χ0v) is 10.7. The molecule has 0 saturated heterocycles. The van der Waals surface area contributed by atoms with Gasteiger partial charge in [-0.3, -0.25) is 10.1 Å². The molecule has 3 aromatic rings. The van der Waals surface area contributed by atoms with Gasteiger partial charge in [0.15, 0.2) is 0 Å². The van der Waals surface area contributed by atoms with Gasteiger partial charge in [-0.05, 0) is 12.1 Å². The first kappa shape index (κ1) is 12.3. The van der Waals surface area contributed by atoms with Crippen LogP contribution in [0.3, 0.4) is 0 Å². The average molecular weight is 268 g/mol. The molecule has 0 radical (unpaired) electrons. The van der Waals surface area contributed by atoms with Crippen LogP contribution >= 0.6 is 0 Å². The third-order valence-corrected chi connectivity index (χ3v) is 3.09. The molecule has 0 aliphatic rings. The van der Waals surface area contributed by atoms with E-state index < -0.39 is 0 Å². The van der Waals surface area contributed by atoms with Gasteiger partial charge in [0.2, 0.25) is 0 Å². The lowest BCUT2D eigenvalue weighted by Gasteiger charge is -2.00. The number of halogens is 1. The van der Waals surface area contributed by atoms with Crippen LogP contribution in [0.25, 0.3) is 10.9 Å². The van der Waals surface area contributed by atoms with Crippen LogP contribution in [0.15, 0.2) is 53.5 Å². The van der Waals surface area contributed by atoms with E-state index in [0.717, 1.165) is 10.9 Å². The van der Waals surface area contributed by atoms with Crippen LogP contribution in [0.5, 0.6) is 0 Å². The Hall–Kier alpha value is -2.69. The lowest BCUT2D eigenvalue weighted by atomic mass is 10.2. The van der Waals surface area contributed by atoms with Gasteiger partial charge in [0.25, 0.3) is 0 Å². The number of H-pyrrole nitrogens is 1. The lowest BCUT2D eigenvalue weighted by Crippen LogP contribution is -2.14. The number of hydrogen-bond donors (Lipinski definition) is 2. The molecule has 5 heteroatoms. The normalized spacial score (nSPS) is 11.9. The van der Waals surface area contributed by atoms with E-state index in [2.05, 4.69) is 15.2 Å². The summed E-state index contributed by atoms with van der Waals surface area (Å²) in [5, 5.41) is 7.95. The highest BCUT2D eigenvalue weighted by atomic mass is 19.1. The van der Waals surface area contributed by atoms with Gasteiger partial charge in [0, 0.05) is 10.9 Å². The number of fused-ring (bicyclic) bond motifs is 1. The Morgan fingerprint density at radius 2 is 1.90 bits per heavy atom. The number of nitrogens with two attached hydrogens (primary N) is 1. The number of amidine groups is 1. The molecule has 2 aromatic carbocycles. The molecule has 0 aliphatic heterocycles. The molecule has 0 bridgehead atoms. The van der Waals surface area contributed by atoms with E-state index in [1.165, 1.54) is 6.07 Å². The number of aliphatic imine (C=N–C) groups is 1. The third-order valence-electron chi connectivity index (χ3n) is 3.09. The molecule has 0 unspecified atom stereocenters. The summed E-state index contributed by atoms with van der Waals surface area (Å²) in [5.41, 5.74) is 7.95. The number of benzene rings is 2. The quantitative estimate of drug-likeness (QED) is 0.566. The number of rotatable bonds is 3. The molecule has 1 aromatic heterocycles. The smallest absolute Gasteiger partial charge is 0.147 e. The molecule has 0 fully saturated rings. The average Bonchev–Trinajstić information content (AvgIpc) is 2.90. The zero-order chi connectivity index (χ0) is 13.9. The Bertz CT molecular complexity index is 776. The minimum Gasteiger partial charge on any atom is -0.382 e. The van der Waals surface area contributed by atoms with Crippen molar-refractivity contribution in [1.29, 1.82) is 0 Å². The molecule has 1 heterocycles. The predicted molar refractivity (Wildman–Crippen MR) is 76.9 cm³/mol. The Labute approximate surface area is 115 Å². The van der Waals surface area contributed by atoms with Gasteiger partial charge < -0.3 is 5.73 Å². The van der Waals surface area contributed by atoms with Crippen molar-refractivity contribution in [3.8, 4) is 0 Å². The number of nitrogens with zero attached hydrogens (tertiary/aromatic N) is 2. The summed E-state index contributed by atoms with van der Waals surface area (Å²) in [6, 6.07) is 14.2. The second-order valence-corrected chi connectivity index (χ2v) is 4.41. The second kappa shape index (κ2) is 5.13. The van der Waals surface area contributed by atoms with Crippen LogP contribution in [0, 0.1) is 5.82 Å². The highest BCUT2D eigenvalue weighted by Gasteiger charge is 2.08. The minimum absolute atomic E-state index is 0.194. The summed E-state index contributed by atoms with van der Waals surface area (Å²) in [5.74, 6) is 0.0154. The van der Waals surface area contributed by atoms with Crippen LogP contribution in [-0.2, 0) is 6.54 Å². The highest BCUT2D eigenvalue weighted by Crippen LogP contribution is 2.15. The number of aromatic nitrogens is 2. The van der Waals surface area contributed by atoms with E-state index in [-0.39, 0.29) is 12.4 Å². The van der Waals surface area contributed by atoms with E-state index >= 15 is 0 Å². The van der Waals surface area contributed by atoms with E-state index in [4.69, 9.17) is 5.73 Å². The van der Waals surface area contributed by atoms with Crippen molar-refractivity contribution >= 4 is 16.7 Å². The summed E-state index contributed by atoms with van der Waals surface area (Å²) in [6.07, 6.45) is 0. The third kappa shape index (κ3) is 2.25. The van der Waals surface area contributed by atoms with Gasteiger partial charge in [0.05, 0.1) is 12.1 Å². The maximum atomic E-state index is 13.5. The van der Waals surface area contributed by atoms with Gasteiger partial charge in [0.1, 0.15) is 17.3 Å². The van der Waals surface area contributed by atoms with Crippen molar-refractivity contribution < 1.29 is 4.39 Å².